The highest BCUT2D eigenvalue weighted by Crippen LogP contribution is 2.17. The molecule has 1 aromatic heterocycles. The van der Waals surface area contributed by atoms with Crippen LogP contribution in [0.5, 0.6) is 0 Å². The Kier molecular flexibility index (Phi) is 5.14. The molecule has 0 radical (unpaired) electrons. The largest absolute Gasteiger partial charge is 0.272 e. The van der Waals surface area contributed by atoms with Crippen molar-refractivity contribution in [1.29, 1.82) is 0 Å². The number of nitrogens with zero attached hydrogens (tertiary/aromatic N) is 3. The summed E-state index contributed by atoms with van der Waals surface area (Å²) in [5.41, 5.74) is 5.88. The molecule has 1 heterocycles. The van der Waals surface area contributed by atoms with Gasteiger partial charge in [-0.2, -0.15) is 10.2 Å². The monoisotopic (exact) mass is 370 g/mol. The molecule has 0 aliphatic carbocycles. The highest BCUT2D eigenvalue weighted by atomic mass is 35.5. The van der Waals surface area contributed by atoms with Gasteiger partial charge in [0.05, 0.1) is 33.9 Å². The number of hydrogen-bond acceptors (Lipinski definition) is 3. The summed E-state index contributed by atoms with van der Waals surface area (Å²) in [6.07, 6.45) is 1.53. The molecule has 3 rings (SSSR count). The molecule has 2 aromatic carbocycles. The second-order valence-electron chi connectivity index (χ2n) is 5.65. The molecule has 1 amide bonds. The number of amides is 1. The molecule has 7 heteroatoms. The fourth-order valence-corrected chi connectivity index (χ4v) is 2.76. The second kappa shape index (κ2) is 7.49. The van der Waals surface area contributed by atoms with Crippen molar-refractivity contribution in [3.05, 3.63) is 81.9 Å². The summed E-state index contributed by atoms with van der Waals surface area (Å²) in [5, 5.41) is 8.81. The van der Waals surface area contributed by atoms with Crippen LogP contribution in [-0.4, -0.2) is 21.9 Å². The van der Waals surface area contributed by atoms with Gasteiger partial charge in [0.2, 0.25) is 0 Å². The number of benzene rings is 2. The molecule has 5 nitrogen and oxygen atoms in total. The Morgan fingerprint density at radius 3 is 2.58 bits per heavy atom. The van der Waals surface area contributed by atoms with Crippen LogP contribution in [0.15, 0.2) is 53.6 Å². The third-order valence-corrected chi connectivity index (χ3v) is 4.23. The van der Waals surface area contributed by atoms with Gasteiger partial charge in [0.25, 0.3) is 5.91 Å². The van der Waals surface area contributed by atoms with Gasteiger partial charge in [-0.05, 0) is 50.2 Å². The molecule has 0 saturated heterocycles. The average Bonchev–Trinajstić information content (AvgIpc) is 2.91. The lowest BCUT2D eigenvalue weighted by molar-refractivity contribution is 0.0955. The average molecular weight is 371 g/mol. The van der Waals surface area contributed by atoms with Gasteiger partial charge in [-0.15, -0.1) is 0 Å². The molecule has 26 heavy (non-hydrogen) atoms. The van der Waals surface area contributed by atoms with Crippen LogP contribution in [0, 0.1) is 19.7 Å². The van der Waals surface area contributed by atoms with Crippen molar-refractivity contribution in [1.82, 2.24) is 15.2 Å². The standard InChI is InChI=1S/C19H16ClFN4O/c1-12-17(11-22-23-19(26)16-5-3-4-6-18(16)20)13(2)25(24-12)15-9-7-14(21)8-10-15/h3-11H,1-2H3,(H,23,26)/b22-11-. The Morgan fingerprint density at radius 1 is 1.19 bits per heavy atom. The van der Waals surface area contributed by atoms with E-state index < -0.39 is 5.91 Å². The molecule has 0 aliphatic heterocycles. The quantitative estimate of drug-likeness (QED) is 0.556. The van der Waals surface area contributed by atoms with Gasteiger partial charge in [0.1, 0.15) is 5.82 Å². The van der Waals surface area contributed by atoms with Crippen molar-refractivity contribution >= 4 is 23.7 Å². The van der Waals surface area contributed by atoms with Crippen molar-refractivity contribution in [3.8, 4) is 5.69 Å². The molecule has 0 unspecified atom stereocenters. The van der Waals surface area contributed by atoms with E-state index in [9.17, 15) is 9.18 Å². The molecular weight excluding hydrogens is 355 g/mol. The highest BCUT2D eigenvalue weighted by Gasteiger charge is 2.12. The summed E-state index contributed by atoms with van der Waals surface area (Å²) < 4.78 is 14.8. The van der Waals surface area contributed by atoms with Gasteiger partial charge in [0.15, 0.2) is 0 Å². The predicted molar refractivity (Wildman–Crippen MR) is 99.5 cm³/mol. The number of hydrazone groups is 1. The first-order valence-corrected chi connectivity index (χ1v) is 8.25. The smallest absolute Gasteiger partial charge is 0.267 e. The van der Waals surface area contributed by atoms with Crippen LogP contribution < -0.4 is 5.43 Å². The zero-order chi connectivity index (χ0) is 18.7. The normalized spacial score (nSPS) is 11.1. The lowest BCUT2D eigenvalue weighted by atomic mass is 10.2. The van der Waals surface area contributed by atoms with Crippen LogP contribution in [0.25, 0.3) is 5.69 Å². The molecule has 132 valence electrons. The second-order valence-corrected chi connectivity index (χ2v) is 6.06. The Morgan fingerprint density at radius 2 is 1.88 bits per heavy atom. The number of aromatic nitrogens is 2. The zero-order valence-corrected chi connectivity index (χ0v) is 15.0. The van der Waals surface area contributed by atoms with Gasteiger partial charge in [0, 0.05) is 5.56 Å². The molecule has 0 atom stereocenters. The van der Waals surface area contributed by atoms with Gasteiger partial charge in [-0.1, -0.05) is 23.7 Å². The molecule has 0 aliphatic rings. The van der Waals surface area contributed by atoms with Crippen LogP contribution in [0.3, 0.4) is 0 Å². The minimum absolute atomic E-state index is 0.306. The third-order valence-electron chi connectivity index (χ3n) is 3.90. The Hall–Kier alpha value is -2.99. The van der Waals surface area contributed by atoms with E-state index in [4.69, 9.17) is 11.6 Å². The predicted octanol–water partition coefficient (Wildman–Crippen LogP) is 4.05. The van der Waals surface area contributed by atoms with Gasteiger partial charge >= 0.3 is 0 Å². The fourth-order valence-electron chi connectivity index (χ4n) is 2.54. The molecule has 0 saturated carbocycles. The first kappa shape index (κ1) is 17.8. The van der Waals surface area contributed by atoms with Crippen molar-refractivity contribution in [2.45, 2.75) is 13.8 Å². The molecule has 1 N–H and O–H groups in total. The first-order chi connectivity index (χ1) is 12.5. The maximum absolute atomic E-state index is 13.1. The number of carbonyl (C=O) groups excluding carboxylic acids is 1. The number of hydrogen-bond donors (Lipinski definition) is 1. The van der Waals surface area contributed by atoms with Crippen LogP contribution in [0.1, 0.15) is 27.3 Å². The number of halogens is 2. The van der Waals surface area contributed by atoms with Gasteiger partial charge in [-0.3, -0.25) is 4.79 Å². The molecule has 0 spiro atoms. The van der Waals surface area contributed by atoms with Crippen molar-refractivity contribution < 1.29 is 9.18 Å². The summed E-state index contributed by atoms with van der Waals surface area (Å²) in [5.74, 6) is -0.701. The van der Waals surface area contributed by atoms with Gasteiger partial charge < -0.3 is 0 Å². The summed E-state index contributed by atoms with van der Waals surface area (Å²) in [6, 6.07) is 12.8. The number of rotatable bonds is 4. The highest BCUT2D eigenvalue weighted by molar-refractivity contribution is 6.33. The fraction of sp³-hybridized carbons (Fsp3) is 0.105. The summed E-state index contributed by atoms with van der Waals surface area (Å²) in [7, 11) is 0. The minimum Gasteiger partial charge on any atom is -0.267 e. The maximum Gasteiger partial charge on any atom is 0.272 e. The van der Waals surface area contributed by atoms with Crippen LogP contribution in [0.2, 0.25) is 5.02 Å². The number of aryl methyl sites for hydroxylation is 1. The summed E-state index contributed by atoms with van der Waals surface area (Å²) in [4.78, 5) is 12.1. The SMILES string of the molecule is Cc1nn(-c2ccc(F)cc2)c(C)c1/C=N\NC(=O)c1ccccc1Cl. The number of carbonyl (C=O) groups is 1. The van der Waals surface area contributed by atoms with Gasteiger partial charge in [-0.25, -0.2) is 14.5 Å². The topological polar surface area (TPSA) is 59.3 Å². The molecular formula is C19H16ClFN4O. The van der Waals surface area contributed by atoms with E-state index in [1.807, 2.05) is 13.8 Å². The lowest BCUT2D eigenvalue weighted by Crippen LogP contribution is -2.18. The summed E-state index contributed by atoms with van der Waals surface area (Å²) >= 11 is 6.00. The molecule has 0 bridgehead atoms. The first-order valence-electron chi connectivity index (χ1n) is 7.87. The van der Waals surface area contributed by atoms with E-state index in [-0.39, 0.29) is 5.82 Å². The van der Waals surface area contributed by atoms with Crippen molar-refractivity contribution in [3.63, 3.8) is 0 Å². The minimum atomic E-state index is -0.395. The van der Waals surface area contributed by atoms with E-state index in [0.717, 1.165) is 22.6 Å². The van der Waals surface area contributed by atoms with Crippen LogP contribution >= 0.6 is 11.6 Å². The summed E-state index contributed by atoms with van der Waals surface area (Å²) in [6.45, 7) is 3.71. The van der Waals surface area contributed by atoms with E-state index in [2.05, 4.69) is 15.6 Å². The Bertz CT molecular complexity index is 980. The van der Waals surface area contributed by atoms with Crippen molar-refractivity contribution in [2.24, 2.45) is 5.10 Å². The van der Waals surface area contributed by atoms with E-state index in [1.54, 1.807) is 41.1 Å². The van der Waals surface area contributed by atoms with Crippen LogP contribution in [-0.2, 0) is 0 Å². The zero-order valence-electron chi connectivity index (χ0n) is 14.2. The molecule has 3 aromatic rings. The Labute approximate surface area is 155 Å². The maximum atomic E-state index is 13.1. The number of nitrogens with one attached hydrogen (secondary N) is 1. The van der Waals surface area contributed by atoms with Crippen molar-refractivity contribution in [2.75, 3.05) is 0 Å². The lowest BCUT2D eigenvalue weighted by Gasteiger charge is -2.04. The van der Waals surface area contributed by atoms with Crippen LogP contribution in [0.4, 0.5) is 4.39 Å². The van der Waals surface area contributed by atoms with E-state index in [1.165, 1.54) is 18.3 Å². The third kappa shape index (κ3) is 3.65. The Balaban J connectivity index is 1.80. The molecule has 0 fully saturated rings. The van der Waals surface area contributed by atoms with E-state index in [0.29, 0.717) is 10.6 Å². The van der Waals surface area contributed by atoms with E-state index >= 15 is 0 Å².